The fourth-order valence-corrected chi connectivity index (χ4v) is 3.20. The van der Waals surface area contributed by atoms with Crippen molar-refractivity contribution in [2.24, 2.45) is 0 Å². The van der Waals surface area contributed by atoms with Crippen LogP contribution in [-0.4, -0.2) is 65.8 Å². The molecule has 2 aromatic heterocycles. The maximum absolute atomic E-state index is 12.2. The number of aromatic nitrogens is 1. The molecule has 0 atom stereocenters. The number of hydrogen-bond acceptors (Lipinski definition) is 6. The zero-order valence-electron chi connectivity index (χ0n) is 13.3. The van der Waals surface area contributed by atoms with Crippen LogP contribution >= 0.6 is 11.3 Å². The van der Waals surface area contributed by atoms with Gasteiger partial charge in [0.1, 0.15) is 5.75 Å². The molecule has 0 N–H and O–H groups in total. The number of piperazine rings is 1. The van der Waals surface area contributed by atoms with Crippen LogP contribution in [0.4, 0.5) is 0 Å². The second kappa shape index (κ2) is 8.03. The average Bonchev–Trinajstić information content (AvgIpc) is 3.16. The van der Waals surface area contributed by atoms with Gasteiger partial charge in [0.05, 0.1) is 17.6 Å². The van der Waals surface area contributed by atoms with Crippen LogP contribution in [0.1, 0.15) is 9.67 Å². The van der Waals surface area contributed by atoms with Gasteiger partial charge in [-0.1, -0.05) is 6.07 Å². The highest BCUT2D eigenvalue weighted by molar-refractivity contribution is 7.12. The van der Waals surface area contributed by atoms with E-state index < -0.39 is 0 Å². The number of thiophene rings is 1. The van der Waals surface area contributed by atoms with Gasteiger partial charge in [-0.2, -0.15) is 0 Å². The number of ether oxygens (including phenoxy) is 1. The van der Waals surface area contributed by atoms with Crippen LogP contribution in [-0.2, 0) is 4.79 Å². The Morgan fingerprint density at radius 3 is 2.67 bits per heavy atom. The van der Waals surface area contributed by atoms with Crippen LogP contribution in [0.15, 0.2) is 42.0 Å². The van der Waals surface area contributed by atoms with Crippen molar-refractivity contribution >= 4 is 23.0 Å². The first kappa shape index (κ1) is 16.6. The number of rotatable bonds is 6. The molecule has 1 aliphatic heterocycles. The number of carbonyl (C=O) groups is 2. The van der Waals surface area contributed by atoms with Crippen LogP contribution in [0.25, 0.3) is 0 Å². The molecule has 0 unspecified atom stereocenters. The third kappa shape index (κ3) is 4.39. The van der Waals surface area contributed by atoms with Crippen molar-refractivity contribution < 1.29 is 14.3 Å². The molecule has 24 heavy (non-hydrogen) atoms. The molecule has 0 saturated carbocycles. The summed E-state index contributed by atoms with van der Waals surface area (Å²) in [6, 6.07) is 7.27. The number of carbonyl (C=O) groups excluding carboxylic acids is 2. The topological polar surface area (TPSA) is 62.7 Å². The summed E-state index contributed by atoms with van der Waals surface area (Å²) in [7, 11) is 0. The van der Waals surface area contributed by atoms with Crippen molar-refractivity contribution in [2.45, 2.75) is 0 Å². The fourth-order valence-electron chi connectivity index (χ4n) is 2.54. The van der Waals surface area contributed by atoms with Crippen molar-refractivity contribution in [2.75, 3.05) is 39.3 Å². The molecule has 1 fully saturated rings. The molecular weight excluding hydrogens is 326 g/mol. The summed E-state index contributed by atoms with van der Waals surface area (Å²) in [5.41, 5.74) is 0. The Morgan fingerprint density at radius 2 is 2.00 bits per heavy atom. The Kier molecular flexibility index (Phi) is 5.55. The lowest BCUT2D eigenvalue weighted by Gasteiger charge is -2.34. The molecule has 126 valence electrons. The van der Waals surface area contributed by atoms with E-state index in [0.717, 1.165) is 4.88 Å². The van der Waals surface area contributed by atoms with Crippen molar-refractivity contribution in [3.05, 3.63) is 46.9 Å². The number of Topliss-reactive ketones (excluding diaryl/α,β-unsaturated/α-hetero) is 1. The molecular formula is C17H19N3O3S. The van der Waals surface area contributed by atoms with E-state index in [1.165, 1.54) is 11.3 Å². The third-order valence-corrected chi connectivity index (χ3v) is 4.80. The minimum absolute atomic E-state index is 0.0137. The second-order valence-corrected chi connectivity index (χ2v) is 6.48. The molecule has 7 heteroatoms. The highest BCUT2D eigenvalue weighted by Gasteiger charge is 2.23. The summed E-state index contributed by atoms with van der Waals surface area (Å²) in [6.45, 7) is 3.07. The van der Waals surface area contributed by atoms with Gasteiger partial charge in [-0.15, -0.1) is 11.3 Å². The highest BCUT2D eigenvalue weighted by Crippen LogP contribution is 2.12. The Morgan fingerprint density at radius 1 is 1.17 bits per heavy atom. The van der Waals surface area contributed by atoms with E-state index in [9.17, 15) is 9.59 Å². The molecule has 0 spiro atoms. The van der Waals surface area contributed by atoms with E-state index in [1.807, 2.05) is 17.5 Å². The maximum atomic E-state index is 12.2. The quantitative estimate of drug-likeness (QED) is 0.744. The predicted octanol–water partition coefficient (Wildman–Crippen LogP) is 1.55. The van der Waals surface area contributed by atoms with E-state index in [1.54, 1.807) is 29.4 Å². The first-order valence-electron chi connectivity index (χ1n) is 7.82. The van der Waals surface area contributed by atoms with E-state index in [4.69, 9.17) is 4.74 Å². The second-order valence-electron chi connectivity index (χ2n) is 5.53. The molecule has 0 aromatic carbocycles. The molecule has 1 aliphatic rings. The van der Waals surface area contributed by atoms with E-state index in [2.05, 4.69) is 9.88 Å². The summed E-state index contributed by atoms with van der Waals surface area (Å²) in [4.78, 5) is 32.9. The van der Waals surface area contributed by atoms with Gasteiger partial charge >= 0.3 is 0 Å². The molecule has 0 radical (unpaired) electrons. The van der Waals surface area contributed by atoms with Crippen LogP contribution in [0.3, 0.4) is 0 Å². The van der Waals surface area contributed by atoms with E-state index in [-0.39, 0.29) is 18.3 Å². The number of ketones is 1. The zero-order valence-corrected chi connectivity index (χ0v) is 14.1. The van der Waals surface area contributed by atoms with Crippen LogP contribution in [0.5, 0.6) is 5.75 Å². The summed E-state index contributed by atoms with van der Waals surface area (Å²) in [6.07, 6.45) is 3.24. The summed E-state index contributed by atoms with van der Waals surface area (Å²) < 4.78 is 5.44. The molecule has 0 bridgehead atoms. The van der Waals surface area contributed by atoms with Crippen LogP contribution in [0, 0.1) is 0 Å². The Bertz CT molecular complexity index is 668. The first-order chi connectivity index (χ1) is 11.7. The molecule has 2 aromatic rings. The van der Waals surface area contributed by atoms with Crippen LogP contribution in [0.2, 0.25) is 0 Å². The molecule has 1 saturated heterocycles. The average molecular weight is 345 g/mol. The third-order valence-electron chi connectivity index (χ3n) is 3.88. The van der Waals surface area contributed by atoms with E-state index in [0.29, 0.717) is 38.5 Å². The van der Waals surface area contributed by atoms with E-state index >= 15 is 0 Å². The zero-order chi connectivity index (χ0) is 16.8. The van der Waals surface area contributed by atoms with Gasteiger partial charge < -0.3 is 9.64 Å². The smallest absolute Gasteiger partial charge is 0.260 e. The molecule has 0 aliphatic carbocycles. The largest absolute Gasteiger partial charge is 0.482 e. The summed E-state index contributed by atoms with van der Waals surface area (Å²) >= 11 is 1.47. The van der Waals surface area contributed by atoms with Gasteiger partial charge in [0.2, 0.25) is 0 Å². The Hall–Kier alpha value is -2.25. The SMILES string of the molecule is O=C(CN1CCN(C(=O)COc2cccnc2)CC1)c1cccs1. The van der Waals surface area contributed by atoms with Crippen LogP contribution < -0.4 is 4.74 Å². The standard InChI is InChI=1S/C17H19N3O3S/c21-15(16-4-2-10-24-16)12-19-6-8-20(9-7-19)17(22)13-23-14-3-1-5-18-11-14/h1-5,10-11H,6-9,12-13H2. The Labute approximate surface area is 144 Å². The van der Waals surface area contributed by atoms with Gasteiger partial charge in [-0.25, -0.2) is 0 Å². The lowest BCUT2D eigenvalue weighted by Crippen LogP contribution is -2.50. The predicted molar refractivity (Wildman–Crippen MR) is 91.4 cm³/mol. The van der Waals surface area contributed by atoms with Crippen molar-refractivity contribution in [1.82, 2.24) is 14.8 Å². The molecule has 3 rings (SSSR count). The minimum Gasteiger partial charge on any atom is -0.482 e. The van der Waals surface area contributed by atoms with Gasteiger partial charge in [-0.3, -0.25) is 19.5 Å². The summed E-state index contributed by atoms with van der Waals surface area (Å²) in [5, 5.41) is 1.91. The number of pyridine rings is 1. The van der Waals surface area contributed by atoms with Crippen molar-refractivity contribution in [1.29, 1.82) is 0 Å². The monoisotopic (exact) mass is 345 g/mol. The number of hydrogen-bond donors (Lipinski definition) is 0. The van der Waals surface area contributed by atoms with Gasteiger partial charge in [0.15, 0.2) is 12.4 Å². The van der Waals surface area contributed by atoms with Gasteiger partial charge in [-0.05, 0) is 23.6 Å². The number of nitrogens with zero attached hydrogens (tertiary/aromatic N) is 3. The van der Waals surface area contributed by atoms with Crippen molar-refractivity contribution in [3.8, 4) is 5.75 Å². The minimum atomic E-state index is -0.0388. The lowest BCUT2D eigenvalue weighted by molar-refractivity contribution is -0.135. The van der Waals surface area contributed by atoms with Crippen molar-refractivity contribution in [3.63, 3.8) is 0 Å². The normalized spacial score (nSPS) is 15.2. The maximum Gasteiger partial charge on any atom is 0.260 e. The lowest BCUT2D eigenvalue weighted by atomic mass is 10.2. The fraction of sp³-hybridized carbons (Fsp3) is 0.353. The van der Waals surface area contributed by atoms with Gasteiger partial charge in [0.25, 0.3) is 5.91 Å². The molecule has 6 nitrogen and oxygen atoms in total. The highest BCUT2D eigenvalue weighted by atomic mass is 32.1. The summed E-state index contributed by atoms with van der Waals surface area (Å²) in [5.74, 6) is 0.693. The molecule has 1 amide bonds. The van der Waals surface area contributed by atoms with Gasteiger partial charge in [0, 0.05) is 32.4 Å². The number of amides is 1. The first-order valence-corrected chi connectivity index (χ1v) is 8.70. The molecule has 3 heterocycles. The Balaban J connectivity index is 1.41.